The Bertz CT molecular complexity index is 607. The Morgan fingerprint density at radius 3 is 2.58 bits per heavy atom. The van der Waals surface area contributed by atoms with Crippen molar-refractivity contribution < 1.29 is 0 Å². The summed E-state index contributed by atoms with van der Waals surface area (Å²) in [5.74, 6) is 2.94. The van der Waals surface area contributed by atoms with E-state index in [1.54, 1.807) is 0 Å². The maximum Gasteiger partial charge on any atom is 0.194 e. The Morgan fingerprint density at radius 1 is 1.27 bits per heavy atom. The highest BCUT2D eigenvalue weighted by Gasteiger charge is 2.34. The average molecular weight is 474 g/mol. The van der Waals surface area contributed by atoms with Crippen molar-refractivity contribution in [1.82, 2.24) is 25.0 Å². The van der Waals surface area contributed by atoms with E-state index in [-0.39, 0.29) is 24.0 Å². The first kappa shape index (κ1) is 21.4. The van der Waals surface area contributed by atoms with Gasteiger partial charge in [-0.05, 0) is 38.0 Å². The van der Waals surface area contributed by atoms with Crippen LogP contribution in [-0.2, 0) is 13.6 Å². The summed E-state index contributed by atoms with van der Waals surface area (Å²) in [5, 5.41) is 12.2. The quantitative estimate of drug-likeness (QED) is 0.411. The third-order valence-corrected chi connectivity index (χ3v) is 6.20. The van der Waals surface area contributed by atoms with Gasteiger partial charge in [0.2, 0.25) is 0 Å². The number of aromatic nitrogens is 3. The number of nitrogens with zero attached hydrogens (tertiary/aromatic N) is 5. The second kappa shape index (κ2) is 9.37. The van der Waals surface area contributed by atoms with Crippen LogP contribution in [0.5, 0.6) is 0 Å². The second-order valence-electron chi connectivity index (χ2n) is 8.18. The van der Waals surface area contributed by atoms with Crippen molar-refractivity contribution in [1.29, 1.82) is 0 Å². The van der Waals surface area contributed by atoms with Gasteiger partial charge in [-0.15, -0.1) is 34.2 Å². The number of hydrogen-bond acceptors (Lipinski definition) is 3. The zero-order valence-corrected chi connectivity index (χ0v) is 19.1. The zero-order chi connectivity index (χ0) is 17.9. The van der Waals surface area contributed by atoms with Gasteiger partial charge < -0.3 is 14.8 Å². The van der Waals surface area contributed by atoms with Crippen molar-refractivity contribution >= 4 is 29.9 Å². The first-order chi connectivity index (χ1) is 12.0. The summed E-state index contributed by atoms with van der Waals surface area (Å²) < 4.78 is 2.03. The summed E-state index contributed by atoms with van der Waals surface area (Å²) >= 11 is 0. The molecule has 0 radical (unpaired) electrons. The Balaban J connectivity index is 0.00000243. The van der Waals surface area contributed by atoms with E-state index in [0.717, 1.165) is 30.7 Å². The van der Waals surface area contributed by atoms with Crippen LogP contribution in [0.4, 0.5) is 0 Å². The molecule has 1 saturated heterocycles. The maximum atomic E-state index is 4.95. The fraction of sp³-hybridized carbons (Fsp3) is 0.842. The Morgan fingerprint density at radius 2 is 2.00 bits per heavy atom. The van der Waals surface area contributed by atoms with Crippen molar-refractivity contribution in [2.45, 2.75) is 78.3 Å². The number of aryl methyl sites for hydroxylation is 1. The standard InChI is InChI=1S/C19H34N6.HI/c1-5-19(3)11-12-25(14-19)18(21-16-9-7-6-8-10-16)20-13-17-23-22-15(2)24(17)4;/h16H,5-14H2,1-4H3,(H,20,21);1H. The number of guanidine groups is 1. The molecule has 1 unspecified atom stereocenters. The van der Waals surface area contributed by atoms with Crippen molar-refractivity contribution in [3.05, 3.63) is 11.6 Å². The highest BCUT2D eigenvalue weighted by molar-refractivity contribution is 14.0. The number of rotatable bonds is 4. The summed E-state index contributed by atoms with van der Waals surface area (Å²) in [5.41, 5.74) is 0.413. The van der Waals surface area contributed by atoms with Crippen molar-refractivity contribution in [3.8, 4) is 0 Å². The summed E-state index contributed by atoms with van der Waals surface area (Å²) in [6.07, 6.45) is 9.04. The maximum absolute atomic E-state index is 4.95. The van der Waals surface area contributed by atoms with Gasteiger partial charge in [-0.25, -0.2) is 4.99 Å². The molecule has 1 aliphatic carbocycles. The van der Waals surface area contributed by atoms with E-state index in [4.69, 9.17) is 4.99 Å². The number of halogens is 1. The first-order valence-electron chi connectivity index (χ1n) is 9.91. The predicted molar refractivity (Wildman–Crippen MR) is 117 cm³/mol. The minimum absolute atomic E-state index is 0. The van der Waals surface area contributed by atoms with Crippen LogP contribution >= 0.6 is 24.0 Å². The van der Waals surface area contributed by atoms with E-state index >= 15 is 0 Å². The lowest BCUT2D eigenvalue weighted by Gasteiger charge is -2.30. The molecule has 1 saturated carbocycles. The average Bonchev–Trinajstić information content (AvgIpc) is 3.17. The minimum atomic E-state index is 0. The van der Waals surface area contributed by atoms with Gasteiger partial charge in [0.25, 0.3) is 0 Å². The third kappa shape index (κ3) is 5.10. The Kier molecular flexibility index (Phi) is 7.73. The summed E-state index contributed by atoms with van der Waals surface area (Å²) in [4.78, 5) is 7.41. The van der Waals surface area contributed by atoms with Gasteiger partial charge >= 0.3 is 0 Å². The minimum Gasteiger partial charge on any atom is -0.353 e. The molecule has 0 amide bonds. The van der Waals surface area contributed by atoms with Crippen LogP contribution in [0, 0.1) is 12.3 Å². The Labute approximate surface area is 175 Å². The van der Waals surface area contributed by atoms with Crippen LogP contribution < -0.4 is 5.32 Å². The molecule has 2 fully saturated rings. The SMILES string of the molecule is CCC1(C)CCN(C(=NCc2nnc(C)n2C)NC2CCCCC2)C1.I. The fourth-order valence-corrected chi connectivity index (χ4v) is 3.89. The fourth-order valence-electron chi connectivity index (χ4n) is 3.89. The van der Waals surface area contributed by atoms with Crippen LogP contribution in [-0.4, -0.2) is 44.8 Å². The lowest BCUT2D eigenvalue weighted by atomic mass is 9.87. The summed E-state index contributed by atoms with van der Waals surface area (Å²) in [6, 6.07) is 0.571. The van der Waals surface area contributed by atoms with Gasteiger partial charge in [0, 0.05) is 26.2 Å². The van der Waals surface area contributed by atoms with E-state index in [1.807, 2.05) is 18.5 Å². The van der Waals surface area contributed by atoms with E-state index < -0.39 is 0 Å². The molecular weight excluding hydrogens is 439 g/mol. The van der Waals surface area contributed by atoms with Gasteiger partial charge in [-0.2, -0.15) is 0 Å². The second-order valence-corrected chi connectivity index (χ2v) is 8.18. The zero-order valence-electron chi connectivity index (χ0n) is 16.8. The van der Waals surface area contributed by atoms with Crippen LogP contribution in [0.25, 0.3) is 0 Å². The van der Waals surface area contributed by atoms with Gasteiger partial charge in [-0.3, -0.25) is 0 Å². The number of hydrogen-bond donors (Lipinski definition) is 1. The van der Waals surface area contributed by atoms with Crippen LogP contribution in [0.3, 0.4) is 0 Å². The van der Waals surface area contributed by atoms with E-state index in [2.05, 4.69) is 34.3 Å². The van der Waals surface area contributed by atoms with Crippen molar-refractivity contribution in [2.75, 3.05) is 13.1 Å². The molecule has 1 atom stereocenters. The number of nitrogens with one attached hydrogen (secondary N) is 1. The highest BCUT2D eigenvalue weighted by atomic mass is 127. The molecule has 1 aromatic heterocycles. The molecule has 2 heterocycles. The highest BCUT2D eigenvalue weighted by Crippen LogP contribution is 2.33. The van der Waals surface area contributed by atoms with Gasteiger partial charge in [0.15, 0.2) is 11.8 Å². The smallest absolute Gasteiger partial charge is 0.194 e. The molecule has 26 heavy (non-hydrogen) atoms. The van der Waals surface area contributed by atoms with Crippen LogP contribution in [0.2, 0.25) is 0 Å². The molecule has 6 nitrogen and oxygen atoms in total. The molecule has 7 heteroatoms. The molecule has 1 aliphatic heterocycles. The van der Waals surface area contributed by atoms with Gasteiger partial charge in [0.1, 0.15) is 12.4 Å². The first-order valence-corrected chi connectivity index (χ1v) is 9.91. The number of aliphatic imine (C=N–C) groups is 1. The number of likely N-dealkylation sites (tertiary alicyclic amines) is 1. The van der Waals surface area contributed by atoms with Gasteiger partial charge in [0.05, 0.1) is 0 Å². The normalized spacial score (nSPS) is 24.6. The molecule has 0 bridgehead atoms. The van der Waals surface area contributed by atoms with Crippen LogP contribution in [0.15, 0.2) is 4.99 Å². The molecule has 1 N–H and O–H groups in total. The molecular formula is C19H35IN6. The van der Waals surface area contributed by atoms with Gasteiger partial charge in [-0.1, -0.05) is 33.1 Å². The molecule has 2 aliphatic rings. The monoisotopic (exact) mass is 474 g/mol. The third-order valence-electron chi connectivity index (χ3n) is 6.20. The molecule has 3 rings (SSSR count). The lowest BCUT2D eigenvalue weighted by Crippen LogP contribution is -2.46. The summed E-state index contributed by atoms with van der Waals surface area (Å²) in [7, 11) is 2.01. The molecule has 1 aromatic rings. The Hall–Kier alpha value is -0.860. The largest absolute Gasteiger partial charge is 0.353 e. The molecule has 0 spiro atoms. The van der Waals surface area contributed by atoms with E-state index in [9.17, 15) is 0 Å². The topological polar surface area (TPSA) is 58.3 Å². The van der Waals surface area contributed by atoms with E-state index in [1.165, 1.54) is 44.9 Å². The van der Waals surface area contributed by atoms with E-state index in [0.29, 0.717) is 18.0 Å². The summed E-state index contributed by atoms with van der Waals surface area (Å²) in [6.45, 7) is 9.47. The predicted octanol–water partition coefficient (Wildman–Crippen LogP) is 3.64. The van der Waals surface area contributed by atoms with Crippen LogP contribution in [0.1, 0.15) is 70.4 Å². The lowest BCUT2D eigenvalue weighted by molar-refractivity contribution is 0.317. The van der Waals surface area contributed by atoms with Crippen molar-refractivity contribution in [3.63, 3.8) is 0 Å². The van der Waals surface area contributed by atoms with Crippen molar-refractivity contribution in [2.24, 2.45) is 17.5 Å². The molecule has 0 aromatic carbocycles. The molecule has 148 valence electrons.